The Hall–Kier alpha value is -3.25. The van der Waals surface area contributed by atoms with Crippen LogP contribution >= 0.6 is 0 Å². The maximum Gasteiger partial charge on any atom is 0.214 e. The summed E-state index contributed by atoms with van der Waals surface area (Å²) in [7, 11) is -3.59. The number of ether oxygens (including phenoxy) is 1. The van der Waals surface area contributed by atoms with Gasteiger partial charge in [-0.25, -0.2) is 23.4 Å². The maximum absolute atomic E-state index is 12.8. The largest absolute Gasteiger partial charge is 0.616 e. The van der Waals surface area contributed by atoms with Gasteiger partial charge in [-0.3, -0.25) is 4.90 Å². The van der Waals surface area contributed by atoms with Gasteiger partial charge in [0.25, 0.3) is 0 Å². The number of sulfone groups is 1. The molecule has 11 heteroatoms. The van der Waals surface area contributed by atoms with Gasteiger partial charge in [-0.05, 0) is 36.4 Å². The molecule has 1 aliphatic rings. The minimum absolute atomic E-state index is 0.214. The molecule has 36 heavy (non-hydrogen) atoms. The third-order valence-corrected chi connectivity index (χ3v) is 8.97. The standard InChI is InChI=1S/C25H25N5O4S2/c31-35-14-11-30(12-15-35)10-13-34-24-16-22-23(17-26-24)27-18-28-25(22)29-19-6-8-21(9-7-19)36(32,33)20-4-2-1-3-5-20/h1-9,16-18H,10-15H2,(H,27,28,29). The second kappa shape index (κ2) is 10.8. The lowest BCUT2D eigenvalue weighted by molar-refractivity contribution is 0.215. The predicted octanol–water partition coefficient (Wildman–Crippen LogP) is 3.04. The monoisotopic (exact) mass is 523 g/mol. The minimum Gasteiger partial charge on any atom is -0.616 e. The number of hydrogen-bond acceptors (Lipinski definition) is 9. The SMILES string of the molecule is O=S(=O)(c1ccccc1)c1ccc(Nc2ncnc3cnc(OCCN4CC[S+]([O-])CC4)cc23)cc1. The molecule has 0 amide bonds. The van der Waals surface area contributed by atoms with Gasteiger partial charge in [-0.15, -0.1) is 0 Å². The molecule has 5 rings (SSSR count). The lowest BCUT2D eigenvalue weighted by Crippen LogP contribution is -2.42. The summed E-state index contributed by atoms with van der Waals surface area (Å²) in [6.45, 7) is 2.84. The predicted molar refractivity (Wildman–Crippen MR) is 139 cm³/mol. The highest BCUT2D eigenvalue weighted by molar-refractivity contribution is 7.91. The van der Waals surface area contributed by atoms with Crippen molar-refractivity contribution in [2.75, 3.05) is 43.1 Å². The van der Waals surface area contributed by atoms with Crippen LogP contribution in [0.4, 0.5) is 11.5 Å². The second-order valence-corrected chi connectivity index (χ2v) is 11.9. The van der Waals surface area contributed by atoms with Crippen LogP contribution in [0.2, 0.25) is 0 Å². The molecule has 9 nitrogen and oxygen atoms in total. The van der Waals surface area contributed by atoms with Crippen molar-refractivity contribution in [3.63, 3.8) is 0 Å². The summed E-state index contributed by atoms with van der Waals surface area (Å²) in [4.78, 5) is 15.7. The lowest BCUT2D eigenvalue weighted by atomic mass is 10.2. The molecule has 3 heterocycles. The van der Waals surface area contributed by atoms with Gasteiger partial charge < -0.3 is 14.6 Å². The Morgan fingerprint density at radius 2 is 1.69 bits per heavy atom. The van der Waals surface area contributed by atoms with Crippen LogP contribution in [0.5, 0.6) is 5.88 Å². The molecule has 0 unspecified atom stereocenters. The van der Waals surface area contributed by atoms with Gasteiger partial charge in [0.2, 0.25) is 15.7 Å². The van der Waals surface area contributed by atoms with Gasteiger partial charge in [0.1, 0.15) is 30.3 Å². The van der Waals surface area contributed by atoms with Crippen LogP contribution in [-0.2, 0) is 21.0 Å². The number of nitrogens with zero attached hydrogens (tertiary/aromatic N) is 4. The van der Waals surface area contributed by atoms with Crippen molar-refractivity contribution in [1.29, 1.82) is 0 Å². The van der Waals surface area contributed by atoms with Crippen molar-refractivity contribution in [2.24, 2.45) is 0 Å². The normalized spacial score (nSPS) is 15.1. The first-order valence-electron chi connectivity index (χ1n) is 11.5. The van der Waals surface area contributed by atoms with Crippen LogP contribution in [0.3, 0.4) is 0 Å². The molecule has 186 valence electrons. The van der Waals surface area contributed by atoms with Crippen molar-refractivity contribution in [1.82, 2.24) is 19.9 Å². The molecule has 0 bridgehead atoms. The molecule has 0 radical (unpaired) electrons. The number of rotatable bonds is 8. The molecule has 4 aromatic rings. The lowest BCUT2D eigenvalue weighted by Gasteiger charge is -2.27. The van der Waals surface area contributed by atoms with E-state index >= 15 is 0 Å². The van der Waals surface area contributed by atoms with E-state index < -0.39 is 21.0 Å². The number of aromatic nitrogens is 3. The quantitative estimate of drug-likeness (QED) is 0.347. The van der Waals surface area contributed by atoms with Crippen LogP contribution in [0.25, 0.3) is 10.9 Å². The van der Waals surface area contributed by atoms with E-state index in [0.717, 1.165) is 25.0 Å². The Labute approximate surface area is 212 Å². The molecule has 0 atom stereocenters. The molecule has 0 aliphatic carbocycles. The number of benzene rings is 2. The summed E-state index contributed by atoms with van der Waals surface area (Å²) in [6.07, 6.45) is 3.08. The fourth-order valence-corrected chi connectivity index (χ4v) is 6.30. The van der Waals surface area contributed by atoms with Crippen molar-refractivity contribution in [2.45, 2.75) is 9.79 Å². The maximum atomic E-state index is 12.8. The average molecular weight is 524 g/mol. The summed E-state index contributed by atoms with van der Waals surface area (Å²) in [5.74, 6) is 2.44. The van der Waals surface area contributed by atoms with Crippen molar-refractivity contribution in [3.05, 3.63) is 73.2 Å². The average Bonchev–Trinajstić information content (AvgIpc) is 2.91. The zero-order valence-corrected chi connectivity index (χ0v) is 21.0. The third kappa shape index (κ3) is 5.59. The van der Waals surface area contributed by atoms with E-state index in [4.69, 9.17) is 4.74 Å². The van der Waals surface area contributed by atoms with Crippen LogP contribution in [-0.4, -0.2) is 70.6 Å². The summed E-state index contributed by atoms with van der Waals surface area (Å²) in [5.41, 5.74) is 1.34. The Morgan fingerprint density at radius 3 is 2.44 bits per heavy atom. The summed E-state index contributed by atoms with van der Waals surface area (Å²) >= 11 is -0.698. The molecular formula is C25H25N5O4S2. The van der Waals surface area contributed by atoms with Gasteiger partial charge in [-0.1, -0.05) is 29.4 Å². The Morgan fingerprint density at radius 1 is 0.972 bits per heavy atom. The highest BCUT2D eigenvalue weighted by Gasteiger charge is 2.19. The summed E-state index contributed by atoms with van der Waals surface area (Å²) in [5, 5.41) is 3.97. The van der Waals surface area contributed by atoms with E-state index in [2.05, 4.69) is 25.2 Å². The molecule has 2 aromatic heterocycles. The second-order valence-electron chi connectivity index (χ2n) is 8.27. The highest BCUT2D eigenvalue weighted by atomic mass is 32.2. The minimum atomic E-state index is -3.59. The van der Waals surface area contributed by atoms with Gasteiger partial charge in [0.15, 0.2) is 0 Å². The first-order valence-corrected chi connectivity index (χ1v) is 14.4. The van der Waals surface area contributed by atoms with Crippen LogP contribution in [0.15, 0.2) is 83.0 Å². The number of hydrogen-bond donors (Lipinski definition) is 1. The molecule has 1 fully saturated rings. The fourth-order valence-electron chi connectivity index (χ4n) is 3.89. The van der Waals surface area contributed by atoms with Gasteiger partial charge >= 0.3 is 0 Å². The number of fused-ring (bicyclic) bond motifs is 1. The van der Waals surface area contributed by atoms with Crippen molar-refractivity contribution >= 4 is 43.4 Å². The van der Waals surface area contributed by atoms with E-state index in [9.17, 15) is 13.0 Å². The molecule has 1 saturated heterocycles. The Kier molecular flexibility index (Phi) is 7.33. The molecular weight excluding hydrogens is 498 g/mol. The van der Waals surface area contributed by atoms with E-state index in [1.165, 1.54) is 6.33 Å². The molecule has 0 spiro atoms. The van der Waals surface area contributed by atoms with Gasteiger partial charge in [-0.2, -0.15) is 0 Å². The van der Waals surface area contributed by atoms with Gasteiger partial charge in [0, 0.05) is 36.8 Å². The molecule has 2 aromatic carbocycles. The Bertz CT molecular complexity index is 1430. The number of pyridine rings is 1. The van der Waals surface area contributed by atoms with Crippen LogP contribution < -0.4 is 10.1 Å². The van der Waals surface area contributed by atoms with Crippen molar-refractivity contribution < 1.29 is 17.7 Å². The van der Waals surface area contributed by atoms with Crippen LogP contribution in [0.1, 0.15) is 0 Å². The number of nitrogens with one attached hydrogen (secondary N) is 1. The Balaban J connectivity index is 1.29. The van der Waals surface area contributed by atoms with Gasteiger partial charge in [0.05, 0.1) is 21.5 Å². The first-order chi connectivity index (χ1) is 17.5. The molecule has 1 N–H and O–H groups in total. The van der Waals surface area contributed by atoms with E-state index in [-0.39, 0.29) is 9.79 Å². The van der Waals surface area contributed by atoms with Crippen LogP contribution in [0, 0.1) is 0 Å². The zero-order valence-electron chi connectivity index (χ0n) is 19.4. The smallest absolute Gasteiger partial charge is 0.214 e. The van der Waals surface area contributed by atoms with E-state index in [1.807, 2.05) is 0 Å². The third-order valence-electron chi connectivity index (χ3n) is 5.91. The van der Waals surface area contributed by atoms with Crippen molar-refractivity contribution in [3.8, 4) is 5.88 Å². The first kappa shape index (κ1) is 24.4. The van der Waals surface area contributed by atoms with E-state index in [0.29, 0.717) is 41.0 Å². The summed E-state index contributed by atoms with van der Waals surface area (Å²) < 4.78 is 43.1. The van der Waals surface area contributed by atoms with E-state index in [1.54, 1.807) is 66.9 Å². The highest BCUT2D eigenvalue weighted by Crippen LogP contribution is 2.27. The topological polar surface area (TPSA) is 120 Å². The summed E-state index contributed by atoms with van der Waals surface area (Å²) in [6, 6.07) is 16.7. The fraction of sp³-hybridized carbons (Fsp3) is 0.240. The molecule has 0 saturated carbocycles. The molecule has 1 aliphatic heterocycles. The zero-order chi connectivity index (χ0) is 25.0. The number of anilines is 2.